The van der Waals surface area contributed by atoms with E-state index in [-0.39, 0.29) is 18.8 Å². The number of anilines is 1. The molecule has 8 nitrogen and oxygen atoms in total. The first-order chi connectivity index (χ1) is 14.6. The first-order valence-corrected chi connectivity index (χ1v) is 9.90. The molecule has 1 N–H and O–H groups in total. The molecule has 0 aliphatic rings. The van der Waals surface area contributed by atoms with Crippen molar-refractivity contribution in [1.82, 2.24) is 25.5 Å². The summed E-state index contributed by atoms with van der Waals surface area (Å²) >= 11 is 5.89. The minimum Gasteiger partial charge on any atom is -0.350 e. The Kier molecular flexibility index (Phi) is 6.65. The fourth-order valence-corrected chi connectivity index (χ4v) is 2.94. The summed E-state index contributed by atoms with van der Waals surface area (Å²) < 4.78 is 14.4. The molecule has 1 heterocycles. The van der Waals surface area contributed by atoms with Crippen molar-refractivity contribution in [2.75, 3.05) is 11.4 Å². The fraction of sp³-hybridized carbons (Fsp3) is 0.286. The maximum absolute atomic E-state index is 14.4. The minimum absolute atomic E-state index is 0.00500. The minimum atomic E-state index is -0.618. The van der Waals surface area contributed by atoms with Crippen LogP contribution < -0.4 is 10.2 Å². The number of para-hydroxylation sites is 1. The summed E-state index contributed by atoms with van der Waals surface area (Å²) in [5.41, 5.74) is 0.176. The summed E-state index contributed by atoms with van der Waals surface area (Å²) in [5.74, 6) is -1.29. The van der Waals surface area contributed by atoms with Gasteiger partial charge in [0.25, 0.3) is 5.91 Å². The Morgan fingerprint density at radius 1 is 1.13 bits per heavy atom. The van der Waals surface area contributed by atoms with E-state index in [1.807, 2.05) is 20.8 Å². The van der Waals surface area contributed by atoms with Crippen LogP contribution in [0.4, 0.5) is 10.1 Å². The Bertz CT molecular complexity index is 1080. The predicted octanol–water partition coefficient (Wildman–Crippen LogP) is 3.08. The number of carbonyl (C=O) groups excluding carboxylic acids is 2. The van der Waals surface area contributed by atoms with Gasteiger partial charge >= 0.3 is 0 Å². The lowest BCUT2D eigenvalue weighted by molar-refractivity contribution is -0.125. The number of hydrogen-bond donors (Lipinski definition) is 1. The predicted molar refractivity (Wildman–Crippen MR) is 115 cm³/mol. The zero-order valence-corrected chi connectivity index (χ0v) is 18.1. The topological polar surface area (TPSA) is 93.0 Å². The van der Waals surface area contributed by atoms with E-state index < -0.39 is 23.2 Å². The lowest BCUT2D eigenvalue weighted by atomic mass is 10.1. The molecule has 0 unspecified atom stereocenters. The average molecular weight is 445 g/mol. The smallest absolute Gasteiger partial charge is 0.251 e. The van der Waals surface area contributed by atoms with E-state index in [0.717, 1.165) is 9.70 Å². The summed E-state index contributed by atoms with van der Waals surface area (Å²) in [7, 11) is 0. The Balaban J connectivity index is 1.81. The molecule has 0 fully saturated rings. The summed E-state index contributed by atoms with van der Waals surface area (Å²) in [6, 6.07) is 12.6. The zero-order chi connectivity index (χ0) is 22.6. The molecule has 3 rings (SSSR count). The molecule has 0 saturated heterocycles. The van der Waals surface area contributed by atoms with Crippen LogP contribution in [-0.2, 0) is 16.1 Å². The molecule has 1 aromatic heterocycles. The number of rotatable bonds is 6. The standard InChI is InChI=1S/C21H22ClFN6O2/c1-21(2,3)24-18(30)12-28(17-7-5-4-6-16(17)23)19(31)13-29-26-20(25-27-29)14-8-10-15(22)11-9-14/h4-11H,12-13H2,1-3H3,(H,24,30). The van der Waals surface area contributed by atoms with Gasteiger partial charge in [-0.25, -0.2) is 4.39 Å². The van der Waals surface area contributed by atoms with Gasteiger partial charge in [0.1, 0.15) is 18.9 Å². The van der Waals surface area contributed by atoms with Crippen molar-refractivity contribution in [1.29, 1.82) is 0 Å². The van der Waals surface area contributed by atoms with Crippen molar-refractivity contribution in [2.24, 2.45) is 0 Å². The van der Waals surface area contributed by atoms with E-state index in [1.165, 1.54) is 18.2 Å². The molecule has 2 amide bonds. The lowest BCUT2D eigenvalue weighted by Crippen LogP contribution is -2.48. The summed E-state index contributed by atoms with van der Waals surface area (Å²) in [5, 5.41) is 15.4. The molecule has 0 atom stereocenters. The molecule has 0 aliphatic carbocycles. The van der Waals surface area contributed by atoms with Gasteiger partial charge in [-0.05, 0) is 62.4 Å². The van der Waals surface area contributed by atoms with Gasteiger partial charge in [-0.2, -0.15) is 4.80 Å². The highest BCUT2D eigenvalue weighted by Crippen LogP contribution is 2.20. The van der Waals surface area contributed by atoms with Crippen LogP contribution in [0, 0.1) is 5.82 Å². The summed E-state index contributed by atoms with van der Waals surface area (Å²) in [6.07, 6.45) is 0. The van der Waals surface area contributed by atoms with Gasteiger partial charge in [-0.3, -0.25) is 14.5 Å². The fourth-order valence-electron chi connectivity index (χ4n) is 2.81. The van der Waals surface area contributed by atoms with Crippen LogP contribution in [0.25, 0.3) is 11.4 Å². The van der Waals surface area contributed by atoms with Crippen LogP contribution in [0.2, 0.25) is 5.02 Å². The van der Waals surface area contributed by atoms with Gasteiger partial charge in [0, 0.05) is 16.1 Å². The molecular weight excluding hydrogens is 423 g/mol. The number of carbonyl (C=O) groups is 2. The number of nitrogens with one attached hydrogen (secondary N) is 1. The quantitative estimate of drug-likeness (QED) is 0.630. The number of benzene rings is 2. The number of halogens is 2. The second kappa shape index (κ2) is 9.22. The molecule has 0 saturated carbocycles. The first-order valence-electron chi connectivity index (χ1n) is 9.52. The highest BCUT2D eigenvalue weighted by molar-refractivity contribution is 6.30. The Morgan fingerprint density at radius 2 is 1.81 bits per heavy atom. The van der Waals surface area contributed by atoms with Crippen molar-refractivity contribution in [3.05, 3.63) is 59.4 Å². The largest absolute Gasteiger partial charge is 0.350 e. The van der Waals surface area contributed by atoms with Crippen molar-refractivity contribution < 1.29 is 14.0 Å². The molecule has 0 aliphatic heterocycles. The molecule has 10 heteroatoms. The lowest BCUT2D eigenvalue weighted by Gasteiger charge is -2.26. The molecule has 162 valence electrons. The number of aromatic nitrogens is 4. The Morgan fingerprint density at radius 3 is 2.45 bits per heavy atom. The van der Waals surface area contributed by atoms with E-state index in [2.05, 4.69) is 20.7 Å². The van der Waals surface area contributed by atoms with Gasteiger partial charge in [-0.1, -0.05) is 23.7 Å². The second-order valence-electron chi connectivity index (χ2n) is 7.88. The van der Waals surface area contributed by atoms with Crippen molar-refractivity contribution in [3.63, 3.8) is 0 Å². The average Bonchev–Trinajstić information content (AvgIpc) is 3.14. The van der Waals surface area contributed by atoms with Gasteiger partial charge in [0.05, 0.1) is 5.69 Å². The van der Waals surface area contributed by atoms with Crippen LogP contribution in [-0.4, -0.2) is 44.1 Å². The third kappa shape index (κ3) is 6.08. The summed E-state index contributed by atoms with van der Waals surface area (Å²) in [4.78, 5) is 27.6. The van der Waals surface area contributed by atoms with E-state index in [4.69, 9.17) is 11.6 Å². The van der Waals surface area contributed by atoms with Gasteiger partial charge in [0.2, 0.25) is 11.7 Å². The van der Waals surface area contributed by atoms with E-state index in [1.54, 1.807) is 30.3 Å². The molecule has 0 radical (unpaired) electrons. The van der Waals surface area contributed by atoms with Crippen LogP contribution in [0.3, 0.4) is 0 Å². The Hall–Kier alpha value is -3.33. The monoisotopic (exact) mass is 444 g/mol. The highest BCUT2D eigenvalue weighted by Gasteiger charge is 2.25. The van der Waals surface area contributed by atoms with Crippen molar-refractivity contribution in [3.8, 4) is 11.4 Å². The molecule has 3 aromatic rings. The third-order valence-electron chi connectivity index (χ3n) is 4.09. The number of nitrogens with zero attached hydrogens (tertiary/aromatic N) is 5. The van der Waals surface area contributed by atoms with Gasteiger partial charge in [0.15, 0.2) is 0 Å². The van der Waals surface area contributed by atoms with Crippen molar-refractivity contribution in [2.45, 2.75) is 32.9 Å². The maximum atomic E-state index is 14.4. The zero-order valence-electron chi connectivity index (χ0n) is 17.3. The van der Waals surface area contributed by atoms with Crippen LogP contribution in [0.1, 0.15) is 20.8 Å². The number of tetrazole rings is 1. The van der Waals surface area contributed by atoms with Crippen LogP contribution >= 0.6 is 11.6 Å². The van der Waals surface area contributed by atoms with E-state index in [0.29, 0.717) is 16.4 Å². The molecule has 31 heavy (non-hydrogen) atoms. The molecule has 0 bridgehead atoms. The summed E-state index contributed by atoms with van der Waals surface area (Å²) in [6.45, 7) is 4.78. The Labute approximate surface area is 184 Å². The van der Waals surface area contributed by atoms with E-state index >= 15 is 0 Å². The van der Waals surface area contributed by atoms with Gasteiger partial charge in [-0.15, -0.1) is 10.2 Å². The molecular formula is C21H22ClFN6O2. The van der Waals surface area contributed by atoms with Crippen LogP contribution in [0.5, 0.6) is 0 Å². The highest BCUT2D eigenvalue weighted by atomic mass is 35.5. The first kappa shape index (κ1) is 22.4. The van der Waals surface area contributed by atoms with Crippen LogP contribution in [0.15, 0.2) is 48.5 Å². The maximum Gasteiger partial charge on any atom is 0.251 e. The van der Waals surface area contributed by atoms with Crippen molar-refractivity contribution >= 4 is 29.1 Å². The molecule has 0 spiro atoms. The normalized spacial score (nSPS) is 11.3. The number of amides is 2. The van der Waals surface area contributed by atoms with Gasteiger partial charge < -0.3 is 5.32 Å². The SMILES string of the molecule is CC(C)(C)NC(=O)CN(C(=O)Cn1nnc(-c2ccc(Cl)cc2)n1)c1ccccc1F. The van der Waals surface area contributed by atoms with E-state index in [9.17, 15) is 14.0 Å². The number of hydrogen-bond acceptors (Lipinski definition) is 5. The molecule has 2 aromatic carbocycles. The second-order valence-corrected chi connectivity index (χ2v) is 8.32. The third-order valence-corrected chi connectivity index (χ3v) is 4.34.